The lowest BCUT2D eigenvalue weighted by Gasteiger charge is -2.32. The van der Waals surface area contributed by atoms with E-state index in [9.17, 15) is 31.6 Å². The van der Waals surface area contributed by atoms with Crippen LogP contribution in [-0.4, -0.2) is 78.8 Å². The molecule has 2 saturated heterocycles. The zero-order chi connectivity index (χ0) is 31.5. The van der Waals surface area contributed by atoms with Crippen LogP contribution in [0.25, 0.3) is 0 Å². The summed E-state index contributed by atoms with van der Waals surface area (Å²) >= 11 is 0. The van der Waals surface area contributed by atoms with Crippen LogP contribution in [0.15, 0.2) is 23.9 Å². The first-order valence-electron chi connectivity index (χ1n) is 16.1. The first-order valence-corrected chi connectivity index (χ1v) is 17.6. The number of rotatable bonds is 17. The Bertz CT molecular complexity index is 1120. The van der Waals surface area contributed by atoms with E-state index in [-0.39, 0.29) is 44.0 Å². The van der Waals surface area contributed by atoms with Gasteiger partial charge in [-0.1, -0.05) is 51.3 Å². The number of amides is 3. The number of nitrogens with one attached hydrogen (secondary N) is 2. The molecule has 2 heterocycles. The van der Waals surface area contributed by atoms with Gasteiger partial charge in [0.2, 0.25) is 27.7 Å². The molecule has 0 aromatic heterocycles. The topological polar surface area (TPSA) is 116 Å². The average Bonchev–Trinajstić information content (AvgIpc) is 3.72. The van der Waals surface area contributed by atoms with E-state index in [2.05, 4.69) is 23.0 Å². The summed E-state index contributed by atoms with van der Waals surface area (Å²) in [4.78, 5) is 41.9. The first kappa shape index (κ1) is 35.0. The Kier molecular flexibility index (Phi) is 13.5. The number of halogens is 2. The van der Waals surface area contributed by atoms with Crippen LogP contribution in [0.5, 0.6) is 0 Å². The van der Waals surface area contributed by atoms with Gasteiger partial charge in [0.15, 0.2) is 0 Å². The summed E-state index contributed by atoms with van der Waals surface area (Å²) in [5.74, 6) is -4.12. The van der Waals surface area contributed by atoms with Crippen LogP contribution in [0.2, 0.25) is 0 Å². The standard InChI is InChI=1S/C31H50F2N4O5S/c1-3-5-7-8-9-10-14-25(26(13-6-4-2)35-43(41,42)24-16-17-24)34-30(40)27-15-11-22-37(27)29(39)19-18-28(38)36-21-12-20-31(32,33)23-36/h9-10,13,24-25,27,35H,3-8,11-12,14-23H2,1-2H3,(H,34,40)/b10-9-,26-13+/t25?,27-/m0/s1. The molecule has 0 bridgehead atoms. The maximum absolute atomic E-state index is 13.8. The Morgan fingerprint density at radius 2 is 1.70 bits per heavy atom. The van der Waals surface area contributed by atoms with Gasteiger partial charge in [0.05, 0.1) is 17.8 Å². The van der Waals surface area contributed by atoms with E-state index in [1.54, 1.807) is 0 Å². The number of likely N-dealkylation sites (tertiary alicyclic amines) is 2. The second kappa shape index (κ2) is 16.5. The Balaban J connectivity index is 1.67. The number of piperidine rings is 1. The van der Waals surface area contributed by atoms with Crippen molar-refractivity contribution in [2.75, 3.05) is 19.6 Å². The number of hydrogen-bond acceptors (Lipinski definition) is 5. The van der Waals surface area contributed by atoms with Crippen molar-refractivity contribution in [2.24, 2.45) is 0 Å². The predicted molar refractivity (Wildman–Crippen MR) is 163 cm³/mol. The van der Waals surface area contributed by atoms with Crippen molar-refractivity contribution in [1.29, 1.82) is 0 Å². The van der Waals surface area contributed by atoms with E-state index >= 15 is 0 Å². The monoisotopic (exact) mass is 628 g/mol. The summed E-state index contributed by atoms with van der Waals surface area (Å²) in [5, 5.41) is 2.61. The van der Waals surface area contributed by atoms with E-state index in [0.717, 1.165) is 37.0 Å². The number of hydrogen-bond donors (Lipinski definition) is 2. The second-order valence-electron chi connectivity index (χ2n) is 12.1. The van der Waals surface area contributed by atoms with Gasteiger partial charge in [-0.3, -0.25) is 19.1 Å². The molecule has 0 aromatic carbocycles. The van der Waals surface area contributed by atoms with Gasteiger partial charge < -0.3 is 15.1 Å². The van der Waals surface area contributed by atoms with Crippen LogP contribution in [0.4, 0.5) is 8.78 Å². The van der Waals surface area contributed by atoms with Crippen molar-refractivity contribution in [3.8, 4) is 0 Å². The minimum atomic E-state index is -3.56. The Labute approximate surface area is 255 Å². The zero-order valence-corrected chi connectivity index (χ0v) is 26.6. The van der Waals surface area contributed by atoms with Crippen molar-refractivity contribution < 1.29 is 31.6 Å². The van der Waals surface area contributed by atoms with Gasteiger partial charge in [-0.05, 0) is 57.8 Å². The second-order valence-corrected chi connectivity index (χ2v) is 14.0. The molecule has 3 rings (SSSR count). The molecule has 1 aliphatic carbocycles. The molecule has 9 nitrogen and oxygen atoms in total. The molecule has 12 heteroatoms. The van der Waals surface area contributed by atoms with Gasteiger partial charge in [-0.2, -0.15) is 0 Å². The minimum Gasteiger partial charge on any atom is -0.346 e. The molecule has 0 spiro atoms. The summed E-state index contributed by atoms with van der Waals surface area (Å²) < 4.78 is 56.0. The van der Waals surface area contributed by atoms with E-state index < -0.39 is 45.7 Å². The molecule has 3 aliphatic rings. The SMILES string of the molecule is CCC/C=C(/NS(=O)(=O)C1CC1)C(C/C=C\CCCCC)NC(=O)[C@@H]1CCCN1C(=O)CCC(=O)N1CCCC(F)(F)C1. The van der Waals surface area contributed by atoms with Crippen LogP contribution in [-0.2, 0) is 24.4 Å². The summed E-state index contributed by atoms with van der Waals surface area (Å²) in [6.45, 7) is 4.12. The largest absolute Gasteiger partial charge is 0.346 e. The van der Waals surface area contributed by atoms with Gasteiger partial charge >= 0.3 is 0 Å². The number of sulfonamides is 1. The highest BCUT2D eigenvalue weighted by Gasteiger charge is 2.40. The number of nitrogens with zero attached hydrogens (tertiary/aromatic N) is 2. The van der Waals surface area contributed by atoms with Gasteiger partial charge in [0.1, 0.15) is 6.04 Å². The van der Waals surface area contributed by atoms with Crippen molar-refractivity contribution in [2.45, 2.75) is 133 Å². The third kappa shape index (κ3) is 11.2. The fourth-order valence-electron chi connectivity index (χ4n) is 5.61. The molecule has 3 fully saturated rings. The lowest BCUT2D eigenvalue weighted by molar-refractivity contribution is -0.145. The predicted octanol–water partition coefficient (Wildman–Crippen LogP) is 4.79. The summed E-state index contributed by atoms with van der Waals surface area (Å²) in [6, 6.07) is -1.36. The van der Waals surface area contributed by atoms with E-state index in [1.165, 1.54) is 4.90 Å². The van der Waals surface area contributed by atoms with Crippen molar-refractivity contribution >= 4 is 27.7 Å². The lowest BCUT2D eigenvalue weighted by atomic mass is 10.1. The zero-order valence-electron chi connectivity index (χ0n) is 25.8. The van der Waals surface area contributed by atoms with Gasteiger partial charge in [-0.25, -0.2) is 17.2 Å². The smallest absolute Gasteiger partial charge is 0.265 e. The fourth-order valence-corrected chi connectivity index (χ4v) is 7.08. The summed E-state index contributed by atoms with van der Waals surface area (Å²) in [6.07, 6.45) is 13.8. The average molecular weight is 629 g/mol. The molecule has 2 atom stereocenters. The summed E-state index contributed by atoms with van der Waals surface area (Å²) in [7, 11) is -3.56. The quantitative estimate of drug-likeness (QED) is 0.178. The number of unbranched alkanes of at least 4 members (excludes halogenated alkanes) is 4. The lowest BCUT2D eigenvalue weighted by Crippen LogP contribution is -2.51. The van der Waals surface area contributed by atoms with Crippen molar-refractivity contribution in [3.63, 3.8) is 0 Å². The minimum absolute atomic E-state index is 0.155. The molecule has 1 saturated carbocycles. The number of alkyl halides is 2. The maximum Gasteiger partial charge on any atom is 0.265 e. The van der Waals surface area contributed by atoms with E-state index in [4.69, 9.17) is 0 Å². The molecular weight excluding hydrogens is 578 g/mol. The summed E-state index contributed by atoms with van der Waals surface area (Å²) in [5.41, 5.74) is 0.445. The third-order valence-corrected chi connectivity index (χ3v) is 10.1. The van der Waals surface area contributed by atoms with Gasteiger partial charge in [0, 0.05) is 38.0 Å². The van der Waals surface area contributed by atoms with Crippen LogP contribution in [0, 0.1) is 0 Å². The van der Waals surface area contributed by atoms with Crippen LogP contribution in [0.1, 0.15) is 110 Å². The van der Waals surface area contributed by atoms with Crippen LogP contribution < -0.4 is 10.0 Å². The molecule has 3 amide bonds. The van der Waals surface area contributed by atoms with E-state index in [0.29, 0.717) is 50.8 Å². The van der Waals surface area contributed by atoms with Crippen molar-refractivity contribution in [1.82, 2.24) is 19.8 Å². The third-order valence-electron chi connectivity index (χ3n) is 8.25. The molecule has 2 aliphatic heterocycles. The number of allylic oxidation sites excluding steroid dienone is 2. The Hall–Kier alpha value is -2.50. The first-order chi connectivity index (χ1) is 20.5. The molecule has 244 valence electrons. The highest BCUT2D eigenvalue weighted by Crippen LogP contribution is 2.29. The Morgan fingerprint density at radius 3 is 2.37 bits per heavy atom. The number of carbonyl (C=O) groups excluding carboxylic acids is 3. The van der Waals surface area contributed by atoms with Crippen molar-refractivity contribution in [3.05, 3.63) is 23.9 Å². The normalized spacial score (nSPS) is 21.7. The highest BCUT2D eigenvalue weighted by atomic mass is 32.2. The van der Waals surface area contributed by atoms with Gasteiger partial charge in [0.25, 0.3) is 5.92 Å². The van der Waals surface area contributed by atoms with Crippen LogP contribution in [0.3, 0.4) is 0 Å². The van der Waals surface area contributed by atoms with Gasteiger partial charge in [-0.15, -0.1) is 0 Å². The van der Waals surface area contributed by atoms with Crippen LogP contribution >= 0.6 is 0 Å². The molecule has 43 heavy (non-hydrogen) atoms. The molecule has 0 radical (unpaired) electrons. The molecule has 2 N–H and O–H groups in total. The fraction of sp³-hybridized carbons (Fsp3) is 0.774. The molecule has 1 unspecified atom stereocenters. The van der Waals surface area contributed by atoms with E-state index in [1.807, 2.05) is 19.1 Å². The molecular formula is C31H50F2N4O5S. The molecule has 0 aromatic rings. The Morgan fingerprint density at radius 1 is 0.953 bits per heavy atom. The highest BCUT2D eigenvalue weighted by molar-refractivity contribution is 7.90. The number of carbonyl (C=O) groups is 3. The maximum atomic E-state index is 13.8.